The SMILES string of the molecule is O=C(Nc1cc(Cl)ccn1)c1ccc([N+](=O)[O-])cc1F. The molecule has 8 heteroatoms. The predicted molar refractivity (Wildman–Crippen MR) is 70.3 cm³/mol. The lowest BCUT2D eigenvalue weighted by molar-refractivity contribution is -0.385. The third kappa shape index (κ3) is 3.07. The van der Waals surface area contributed by atoms with E-state index in [9.17, 15) is 19.3 Å². The van der Waals surface area contributed by atoms with Gasteiger partial charge in [0.15, 0.2) is 0 Å². The van der Waals surface area contributed by atoms with E-state index in [0.717, 1.165) is 12.1 Å². The summed E-state index contributed by atoms with van der Waals surface area (Å²) in [6, 6.07) is 5.67. The molecule has 0 saturated heterocycles. The summed E-state index contributed by atoms with van der Waals surface area (Å²) in [5, 5.41) is 13.2. The molecular weight excluding hydrogens is 289 g/mol. The zero-order chi connectivity index (χ0) is 14.7. The summed E-state index contributed by atoms with van der Waals surface area (Å²) < 4.78 is 13.6. The molecule has 2 rings (SSSR count). The van der Waals surface area contributed by atoms with Crippen LogP contribution in [-0.4, -0.2) is 15.8 Å². The normalized spacial score (nSPS) is 10.1. The van der Waals surface area contributed by atoms with Crippen molar-refractivity contribution >= 4 is 29.0 Å². The molecule has 0 unspecified atom stereocenters. The van der Waals surface area contributed by atoms with E-state index in [1.54, 1.807) is 0 Å². The fourth-order valence-electron chi connectivity index (χ4n) is 1.46. The largest absolute Gasteiger partial charge is 0.306 e. The zero-order valence-electron chi connectivity index (χ0n) is 9.84. The minimum Gasteiger partial charge on any atom is -0.306 e. The lowest BCUT2D eigenvalue weighted by atomic mass is 10.2. The molecule has 1 heterocycles. The molecule has 1 aromatic carbocycles. The van der Waals surface area contributed by atoms with E-state index in [2.05, 4.69) is 10.3 Å². The third-order valence-corrected chi connectivity index (χ3v) is 2.61. The molecule has 0 bridgehead atoms. The van der Waals surface area contributed by atoms with Crippen molar-refractivity contribution in [1.29, 1.82) is 0 Å². The number of pyridine rings is 1. The number of anilines is 1. The predicted octanol–water partition coefficient (Wildman–Crippen LogP) is 3.03. The van der Waals surface area contributed by atoms with Gasteiger partial charge < -0.3 is 5.32 Å². The highest BCUT2D eigenvalue weighted by Gasteiger charge is 2.16. The van der Waals surface area contributed by atoms with Crippen molar-refractivity contribution < 1.29 is 14.1 Å². The fraction of sp³-hybridized carbons (Fsp3) is 0. The van der Waals surface area contributed by atoms with Gasteiger partial charge >= 0.3 is 0 Å². The van der Waals surface area contributed by atoms with Gasteiger partial charge in [0.05, 0.1) is 16.6 Å². The minimum absolute atomic E-state index is 0.153. The average Bonchev–Trinajstić information content (AvgIpc) is 2.38. The second-order valence-corrected chi connectivity index (χ2v) is 4.17. The number of nitrogens with zero attached hydrogens (tertiary/aromatic N) is 2. The van der Waals surface area contributed by atoms with Crippen molar-refractivity contribution in [2.24, 2.45) is 0 Å². The molecule has 6 nitrogen and oxygen atoms in total. The van der Waals surface area contributed by atoms with Gasteiger partial charge in [0.1, 0.15) is 11.6 Å². The number of hydrogen-bond donors (Lipinski definition) is 1. The summed E-state index contributed by atoms with van der Waals surface area (Å²) in [5.41, 5.74) is -0.752. The number of hydrogen-bond acceptors (Lipinski definition) is 4. The summed E-state index contributed by atoms with van der Waals surface area (Å²) in [7, 11) is 0. The van der Waals surface area contributed by atoms with Crippen molar-refractivity contribution in [3.8, 4) is 0 Å². The van der Waals surface area contributed by atoms with Gasteiger partial charge in [0, 0.05) is 17.3 Å². The van der Waals surface area contributed by atoms with E-state index in [1.807, 2.05) is 0 Å². The number of amides is 1. The first-order chi connectivity index (χ1) is 9.47. The number of aromatic nitrogens is 1. The number of nitro benzene ring substituents is 1. The minimum atomic E-state index is -0.987. The van der Waals surface area contributed by atoms with E-state index in [4.69, 9.17) is 11.6 Å². The number of halogens is 2. The van der Waals surface area contributed by atoms with Gasteiger partial charge in [-0.3, -0.25) is 14.9 Å². The lowest BCUT2D eigenvalue weighted by Gasteiger charge is -2.05. The standard InChI is InChI=1S/C12H7ClFN3O3/c13-7-3-4-15-11(5-7)16-12(18)9-2-1-8(17(19)20)6-10(9)14/h1-6H,(H,15,16,18). The molecule has 20 heavy (non-hydrogen) atoms. The molecule has 102 valence electrons. The monoisotopic (exact) mass is 295 g/mol. The van der Waals surface area contributed by atoms with E-state index in [0.29, 0.717) is 11.1 Å². The lowest BCUT2D eigenvalue weighted by Crippen LogP contribution is -2.14. The molecular formula is C12H7ClFN3O3. The van der Waals surface area contributed by atoms with E-state index in [-0.39, 0.29) is 11.4 Å². The van der Waals surface area contributed by atoms with E-state index in [1.165, 1.54) is 18.3 Å². The van der Waals surface area contributed by atoms with Crippen LogP contribution in [0.25, 0.3) is 0 Å². The number of carbonyl (C=O) groups is 1. The number of non-ortho nitro benzene ring substituents is 1. The Morgan fingerprint density at radius 3 is 2.70 bits per heavy atom. The maximum Gasteiger partial charge on any atom is 0.272 e. The topological polar surface area (TPSA) is 85.1 Å². The second-order valence-electron chi connectivity index (χ2n) is 3.73. The van der Waals surface area contributed by atoms with Gasteiger partial charge in [-0.25, -0.2) is 9.37 Å². The van der Waals surface area contributed by atoms with Crippen molar-refractivity contribution in [3.63, 3.8) is 0 Å². The second kappa shape index (κ2) is 5.62. The summed E-state index contributed by atoms with van der Waals surface area (Å²) in [5.74, 6) is -1.61. The molecule has 0 spiro atoms. The van der Waals surface area contributed by atoms with Gasteiger partial charge in [-0.15, -0.1) is 0 Å². The molecule has 0 aliphatic rings. The van der Waals surface area contributed by atoms with Crippen LogP contribution in [0.3, 0.4) is 0 Å². The summed E-state index contributed by atoms with van der Waals surface area (Å²) in [4.78, 5) is 25.4. The van der Waals surface area contributed by atoms with Crippen LogP contribution in [0, 0.1) is 15.9 Å². The molecule has 0 aliphatic heterocycles. The Bertz CT molecular complexity index is 693. The molecule has 1 aromatic heterocycles. The molecule has 2 aromatic rings. The highest BCUT2D eigenvalue weighted by atomic mass is 35.5. The smallest absolute Gasteiger partial charge is 0.272 e. The molecule has 0 fully saturated rings. The van der Waals surface area contributed by atoms with Crippen molar-refractivity contribution in [2.75, 3.05) is 5.32 Å². The van der Waals surface area contributed by atoms with Gasteiger partial charge in [-0.2, -0.15) is 0 Å². The van der Waals surface area contributed by atoms with Crippen molar-refractivity contribution in [3.05, 3.63) is 63.0 Å². The summed E-state index contributed by atoms with van der Waals surface area (Å²) >= 11 is 5.72. The van der Waals surface area contributed by atoms with E-state index < -0.39 is 22.3 Å². The average molecular weight is 296 g/mol. The van der Waals surface area contributed by atoms with Crippen LogP contribution in [0.5, 0.6) is 0 Å². The number of rotatable bonds is 3. The Kier molecular flexibility index (Phi) is 3.90. The van der Waals surface area contributed by atoms with Crippen LogP contribution in [0.4, 0.5) is 15.9 Å². The Morgan fingerprint density at radius 2 is 2.10 bits per heavy atom. The fourth-order valence-corrected chi connectivity index (χ4v) is 1.62. The number of carbonyl (C=O) groups excluding carboxylic acids is 1. The first kappa shape index (κ1) is 13.9. The van der Waals surface area contributed by atoms with Gasteiger partial charge in [-0.05, 0) is 18.2 Å². The Morgan fingerprint density at radius 1 is 1.35 bits per heavy atom. The maximum absolute atomic E-state index is 13.6. The highest BCUT2D eigenvalue weighted by molar-refractivity contribution is 6.30. The van der Waals surface area contributed by atoms with Gasteiger partial charge in [-0.1, -0.05) is 11.6 Å². The van der Waals surface area contributed by atoms with Crippen LogP contribution >= 0.6 is 11.6 Å². The summed E-state index contributed by atoms with van der Waals surface area (Å²) in [6.45, 7) is 0. The molecule has 0 atom stereocenters. The van der Waals surface area contributed by atoms with Crippen LogP contribution in [0.15, 0.2) is 36.5 Å². The van der Waals surface area contributed by atoms with Crippen LogP contribution in [-0.2, 0) is 0 Å². The third-order valence-electron chi connectivity index (χ3n) is 2.37. The number of benzene rings is 1. The van der Waals surface area contributed by atoms with Crippen LogP contribution in [0.1, 0.15) is 10.4 Å². The Hall–Kier alpha value is -2.54. The Labute approximate surface area is 117 Å². The van der Waals surface area contributed by atoms with Gasteiger partial charge in [0.2, 0.25) is 0 Å². The quantitative estimate of drug-likeness (QED) is 0.696. The van der Waals surface area contributed by atoms with Crippen molar-refractivity contribution in [1.82, 2.24) is 4.98 Å². The molecule has 1 amide bonds. The maximum atomic E-state index is 13.6. The highest BCUT2D eigenvalue weighted by Crippen LogP contribution is 2.18. The van der Waals surface area contributed by atoms with Crippen LogP contribution in [0.2, 0.25) is 5.02 Å². The molecule has 0 saturated carbocycles. The van der Waals surface area contributed by atoms with Gasteiger partial charge in [0.25, 0.3) is 11.6 Å². The first-order valence-electron chi connectivity index (χ1n) is 5.34. The summed E-state index contributed by atoms with van der Waals surface area (Å²) in [6.07, 6.45) is 1.38. The Balaban J connectivity index is 2.23. The van der Waals surface area contributed by atoms with E-state index >= 15 is 0 Å². The number of nitro groups is 1. The van der Waals surface area contributed by atoms with Crippen molar-refractivity contribution in [2.45, 2.75) is 0 Å². The number of nitrogens with one attached hydrogen (secondary N) is 1. The molecule has 0 aliphatic carbocycles. The first-order valence-corrected chi connectivity index (χ1v) is 5.72. The zero-order valence-corrected chi connectivity index (χ0v) is 10.6. The van der Waals surface area contributed by atoms with Crippen LogP contribution < -0.4 is 5.32 Å². The molecule has 1 N–H and O–H groups in total. The molecule has 0 radical (unpaired) electrons.